The van der Waals surface area contributed by atoms with Crippen LogP contribution in [0, 0.1) is 0 Å². The van der Waals surface area contributed by atoms with E-state index in [1.807, 2.05) is 0 Å². The van der Waals surface area contributed by atoms with E-state index in [4.69, 9.17) is 5.11 Å². The van der Waals surface area contributed by atoms with Gasteiger partial charge in [-0.2, -0.15) is 0 Å². The van der Waals surface area contributed by atoms with E-state index in [-0.39, 0.29) is 11.3 Å². The topological polar surface area (TPSA) is 33.1 Å². The lowest BCUT2D eigenvalue weighted by atomic mass is 10.1. The number of halogens is 3. The van der Waals surface area contributed by atoms with Gasteiger partial charge in [-0.1, -0.05) is 15.9 Å². The molecule has 0 amide bonds. The number of pyridine rings is 1. The Morgan fingerprint density at radius 1 is 1.54 bits per heavy atom. The molecule has 0 radical (unpaired) electrons. The Hall–Kier alpha value is -0.550. The molecule has 0 saturated carbocycles. The predicted molar refractivity (Wildman–Crippen MR) is 47.7 cm³/mol. The van der Waals surface area contributed by atoms with Gasteiger partial charge >= 0.3 is 0 Å². The molecule has 0 atom stereocenters. The first-order valence-corrected chi connectivity index (χ1v) is 4.74. The number of aliphatic hydroxyl groups is 1. The second kappa shape index (κ2) is 4.62. The van der Waals surface area contributed by atoms with E-state index in [0.717, 1.165) is 0 Å². The second-order valence-electron chi connectivity index (χ2n) is 2.43. The van der Waals surface area contributed by atoms with Crippen LogP contribution in [0.1, 0.15) is 23.2 Å². The molecule has 0 saturated heterocycles. The average Bonchev–Trinajstić information content (AvgIpc) is 2.16. The van der Waals surface area contributed by atoms with E-state index in [9.17, 15) is 8.78 Å². The van der Waals surface area contributed by atoms with Gasteiger partial charge in [-0.15, -0.1) is 0 Å². The summed E-state index contributed by atoms with van der Waals surface area (Å²) in [7, 11) is 0. The van der Waals surface area contributed by atoms with Crippen LogP contribution >= 0.6 is 15.9 Å². The summed E-state index contributed by atoms with van der Waals surface area (Å²) in [5.74, 6) is 0. The zero-order valence-electron chi connectivity index (χ0n) is 6.67. The summed E-state index contributed by atoms with van der Waals surface area (Å²) in [6.45, 7) is -0.408. The number of hydrogen-bond acceptors (Lipinski definition) is 2. The van der Waals surface area contributed by atoms with Gasteiger partial charge in [-0.05, 0) is 11.6 Å². The molecule has 0 aromatic carbocycles. The Kier molecular flexibility index (Phi) is 3.74. The zero-order chi connectivity index (χ0) is 9.84. The molecular formula is C8H8BrF2NO. The molecule has 0 aliphatic carbocycles. The molecule has 0 fully saturated rings. The van der Waals surface area contributed by atoms with Crippen molar-refractivity contribution in [1.29, 1.82) is 0 Å². The molecule has 2 nitrogen and oxygen atoms in total. The largest absolute Gasteiger partial charge is 0.392 e. The predicted octanol–water partition coefficient (Wildman–Crippen LogP) is 2.41. The van der Waals surface area contributed by atoms with Crippen LogP contribution in [0.4, 0.5) is 8.78 Å². The average molecular weight is 252 g/mol. The minimum absolute atomic E-state index is 0.217. The van der Waals surface area contributed by atoms with Gasteiger partial charge in [0.1, 0.15) is 5.69 Å². The van der Waals surface area contributed by atoms with Crippen molar-refractivity contribution in [2.75, 3.05) is 0 Å². The maximum atomic E-state index is 12.3. The Labute approximate surface area is 82.7 Å². The van der Waals surface area contributed by atoms with Crippen LogP contribution in [-0.4, -0.2) is 10.1 Å². The Morgan fingerprint density at radius 2 is 2.23 bits per heavy atom. The second-order valence-corrected chi connectivity index (χ2v) is 2.99. The molecule has 0 aliphatic rings. The number of alkyl halides is 3. The van der Waals surface area contributed by atoms with E-state index in [1.54, 1.807) is 6.07 Å². The standard InChI is InChI=1S/C8H8BrF2NO/c9-3-5-1-2-12-7(8(10)11)6(5)4-13/h1-2,8,13H,3-4H2. The highest BCUT2D eigenvalue weighted by molar-refractivity contribution is 9.08. The highest BCUT2D eigenvalue weighted by Gasteiger charge is 2.16. The van der Waals surface area contributed by atoms with Gasteiger partial charge in [0.2, 0.25) is 0 Å². The molecular weight excluding hydrogens is 244 g/mol. The third kappa shape index (κ3) is 2.22. The first-order chi connectivity index (χ1) is 6.20. The number of rotatable bonds is 3. The van der Waals surface area contributed by atoms with Crippen LogP contribution in [0.5, 0.6) is 0 Å². The van der Waals surface area contributed by atoms with Gasteiger partial charge < -0.3 is 5.11 Å². The summed E-state index contributed by atoms with van der Waals surface area (Å²) < 4.78 is 24.7. The van der Waals surface area contributed by atoms with Crippen molar-refractivity contribution in [2.45, 2.75) is 18.4 Å². The van der Waals surface area contributed by atoms with Crippen molar-refractivity contribution in [3.63, 3.8) is 0 Å². The lowest BCUT2D eigenvalue weighted by Gasteiger charge is -2.08. The van der Waals surface area contributed by atoms with Crippen LogP contribution in [0.2, 0.25) is 0 Å². The van der Waals surface area contributed by atoms with Gasteiger partial charge in [0, 0.05) is 17.1 Å². The van der Waals surface area contributed by atoms with Crippen molar-refractivity contribution in [3.05, 3.63) is 29.1 Å². The molecule has 0 unspecified atom stereocenters. The molecule has 0 bridgehead atoms. The fourth-order valence-corrected chi connectivity index (χ4v) is 1.57. The first kappa shape index (κ1) is 10.5. The maximum Gasteiger partial charge on any atom is 0.280 e. The van der Waals surface area contributed by atoms with Crippen molar-refractivity contribution >= 4 is 15.9 Å². The van der Waals surface area contributed by atoms with Gasteiger partial charge in [0.15, 0.2) is 0 Å². The lowest BCUT2D eigenvalue weighted by molar-refractivity contribution is 0.141. The van der Waals surface area contributed by atoms with Crippen LogP contribution in [0.3, 0.4) is 0 Å². The monoisotopic (exact) mass is 251 g/mol. The fraction of sp³-hybridized carbons (Fsp3) is 0.375. The lowest BCUT2D eigenvalue weighted by Crippen LogP contribution is -2.02. The number of nitrogens with zero attached hydrogens (tertiary/aromatic N) is 1. The summed E-state index contributed by atoms with van der Waals surface area (Å²) in [6.07, 6.45) is -1.32. The minimum Gasteiger partial charge on any atom is -0.392 e. The van der Waals surface area contributed by atoms with Crippen molar-refractivity contribution in [2.24, 2.45) is 0 Å². The molecule has 72 valence electrons. The molecule has 0 aliphatic heterocycles. The van der Waals surface area contributed by atoms with Crippen LogP contribution < -0.4 is 0 Å². The fourth-order valence-electron chi connectivity index (χ4n) is 1.05. The SMILES string of the molecule is OCc1c(CBr)ccnc1C(F)F. The minimum atomic E-state index is -2.64. The third-order valence-electron chi connectivity index (χ3n) is 1.69. The summed E-state index contributed by atoms with van der Waals surface area (Å²) >= 11 is 3.15. The molecule has 1 aromatic rings. The normalized spacial score (nSPS) is 10.8. The summed E-state index contributed by atoms with van der Waals surface area (Å²) in [5, 5.41) is 9.32. The highest BCUT2D eigenvalue weighted by atomic mass is 79.9. The Balaban J connectivity index is 3.19. The molecule has 1 heterocycles. The Morgan fingerprint density at radius 3 is 2.69 bits per heavy atom. The molecule has 1 aromatic heterocycles. The van der Waals surface area contributed by atoms with Crippen LogP contribution in [0.15, 0.2) is 12.3 Å². The number of hydrogen-bond donors (Lipinski definition) is 1. The summed E-state index contributed by atoms with van der Waals surface area (Å²) in [4.78, 5) is 3.53. The molecule has 1 N–H and O–H groups in total. The van der Waals surface area contributed by atoms with Crippen LogP contribution in [0.25, 0.3) is 0 Å². The molecule has 13 heavy (non-hydrogen) atoms. The third-order valence-corrected chi connectivity index (χ3v) is 2.30. The molecule has 0 spiro atoms. The van der Waals surface area contributed by atoms with Gasteiger partial charge in [0.05, 0.1) is 6.61 Å². The zero-order valence-corrected chi connectivity index (χ0v) is 8.26. The van der Waals surface area contributed by atoms with Gasteiger partial charge in [-0.3, -0.25) is 4.98 Å². The summed E-state index contributed by atoms with van der Waals surface area (Å²) in [5.41, 5.74) is 0.529. The number of aromatic nitrogens is 1. The van der Waals surface area contributed by atoms with E-state index in [1.165, 1.54) is 6.20 Å². The van der Waals surface area contributed by atoms with Crippen molar-refractivity contribution in [1.82, 2.24) is 4.98 Å². The molecule has 1 rings (SSSR count). The number of aliphatic hydroxyl groups excluding tert-OH is 1. The highest BCUT2D eigenvalue weighted by Crippen LogP contribution is 2.24. The van der Waals surface area contributed by atoms with E-state index >= 15 is 0 Å². The quantitative estimate of drug-likeness (QED) is 0.838. The van der Waals surface area contributed by atoms with E-state index < -0.39 is 13.0 Å². The van der Waals surface area contributed by atoms with Gasteiger partial charge in [-0.25, -0.2) is 8.78 Å². The smallest absolute Gasteiger partial charge is 0.280 e. The molecule has 5 heteroatoms. The van der Waals surface area contributed by atoms with Gasteiger partial charge in [0.25, 0.3) is 6.43 Å². The maximum absolute atomic E-state index is 12.3. The summed E-state index contributed by atoms with van der Waals surface area (Å²) in [6, 6.07) is 1.60. The van der Waals surface area contributed by atoms with E-state index in [0.29, 0.717) is 10.9 Å². The first-order valence-electron chi connectivity index (χ1n) is 3.62. The Bertz CT molecular complexity index is 293. The van der Waals surface area contributed by atoms with E-state index in [2.05, 4.69) is 20.9 Å². The van der Waals surface area contributed by atoms with Crippen molar-refractivity contribution < 1.29 is 13.9 Å². The van der Waals surface area contributed by atoms with Crippen molar-refractivity contribution in [3.8, 4) is 0 Å². The van der Waals surface area contributed by atoms with Crippen LogP contribution in [-0.2, 0) is 11.9 Å².